The fraction of sp³-hybridized carbons (Fsp3) is 0.267. The van der Waals surface area contributed by atoms with Crippen LogP contribution in [0.5, 0.6) is 17.2 Å². The van der Waals surface area contributed by atoms with E-state index in [0.717, 1.165) is 16.9 Å². The van der Waals surface area contributed by atoms with E-state index in [9.17, 15) is 19.5 Å². The molecule has 41 heavy (non-hydrogen) atoms. The summed E-state index contributed by atoms with van der Waals surface area (Å²) in [5.41, 5.74) is 1.92. The number of anilines is 1. The zero-order chi connectivity index (χ0) is 29.4. The molecule has 2 atom stereocenters. The molecule has 10 nitrogen and oxygen atoms in total. The third-order valence-corrected chi connectivity index (χ3v) is 7.98. The Hall–Kier alpha value is -4.64. The van der Waals surface area contributed by atoms with Crippen molar-refractivity contribution < 1.29 is 38.4 Å². The molecule has 3 aromatic rings. The molecule has 1 amide bonds. The number of nitrogens with zero attached hydrogens (tertiary/aromatic N) is 2. The molecule has 3 heterocycles. The molecular formula is C30H28N2O8S. The number of hydrogen-bond donors (Lipinski definition) is 1. The zero-order valence-corrected chi connectivity index (χ0v) is 23.7. The Kier molecular flexibility index (Phi) is 7.55. The number of methoxy groups -OCH3 is 2. The van der Waals surface area contributed by atoms with Gasteiger partial charge in [0.25, 0.3) is 5.78 Å². The van der Waals surface area contributed by atoms with Crippen LogP contribution in [0.2, 0.25) is 0 Å². The van der Waals surface area contributed by atoms with Gasteiger partial charge in [0.1, 0.15) is 29.1 Å². The smallest absolute Gasteiger partial charge is 0.350 e. The Bertz CT molecular complexity index is 1610. The largest absolute Gasteiger partial charge is 0.507 e. The van der Waals surface area contributed by atoms with Crippen LogP contribution < -0.4 is 19.1 Å². The van der Waals surface area contributed by atoms with E-state index in [1.54, 1.807) is 43.3 Å². The van der Waals surface area contributed by atoms with Crippen molar-refractivity contribution in [2.45, 2.75) is 32.4 Å². The highest BCUT2D eigenvalue weighted by atomic mass is 32.1. The lowest BCUT2D eigenvalue weighted by Gasteiger charge is -2.24. The summed E-state index contributed by atoms with van der Waals surface area (Å²) in [5, 5.41) is 11.7. The van der Waals surface area contributed by atoms with Gasteiger partial charge in [-0.2, -0.15) is 0 Å². The average molecular weight is 577 g/mol. The van der Waals surface area contributed by atoms with E-state index in [1.807, 2.05) is 6.92 Å². The molecule has 2 aliphatic rings. The minimum absolute atomic E-state index is 0.00621. The fourth-order valence-electron chi connectivity index (χ4n) is 4.97. The lowest BCUT2D eigenvalue weighted by molar-refractivity contribution is -0.132. The van der Waals surface area contributed by atoms with Gasteiger partial charge < -0.3 is 24.1 Å². The number of aryl methyl sites for hydroxylation is 1. The van der Waals surface area contributed by atoms with Crippen LogP contribution in [-0.2, 0) is 20.7 Å². The molecule has 11 heteroatoms. The van der Waals surface area contributed by atoms with Gasteiger partial charge in [-0.15, -0.1) is 0 Å². The van der Waals surface area contributed by atoms with Gasteiger partial charge in [0.05, 0.1) is 31.5 Å². The van der Waals surface area contributed by atoms with Crippen molar-refractivity contribution in [3.8, 4) is 17.2 Å². The molecule has 2 aromatic carbocycles. The van der Waals surface area contributed by atoms with Crippen LogP contribution >= 0.6 is 11.3 Å². The Morgan fingerprint density at radius 3 is 2.66 bits per heavy atom. The number of aromatic nitrogens is 1. The Morgan fingerprint density at radius 2 is 1.95 bits per heavy atom. The van der Waals surface area contributed by atoms with Crippen LogP contribution in [0.1, 0.15) is 45.0 Å². The number of carbonyl (C=O) groups excluding carboxylic acids is 3. The van der Waals surface area contributed by atoms with Gasteiger partial charge in [-0.1, -0.05) is 30.1 Å². The maximum Gasteiger partial charge on any atom is 0.350 e. The molecule has 5 rings (SSSR count). The topological polar surface area (TPSA) is 124 Å². The second-order valence-electron chi connectivity index (χ2n) is 9.54. The molecule has 0 bridgehead atoms. The van der Waals surface area contributed by atoms with Crippen LogP contribution in [0.4, 0.5) is 5.13 Å². The number of aliphatic hydroxyl groups excluding tert-OH is 1. The number of benzene rings is 2. The summed E-state index contributed by atoms with van der Waals surface area (Å²) in [4.78, 5) is 45.6. The number of ketones is 1. The molecule has 0 radical (unpaired) electrons. The van der Waals surface area contributed by atoms with Gasteiger partial charge in [0, 0.05) is 12.0 Å². The van der Waals surface area contributed by atoms with E-state index < -0.39 is 23.7 Å². The number of amides is 1. The number of aliphatic hydroxyl groups is 1. The summed E-state index contributed by atoms with van der Waals surface area (Å²) in [6, 6.07) is 9.01. The normalized spacial score (nSPS) is 19.1. The third-order valence-electron chi connectivity index (χ3n) is 6.85. The molecule has 1 fully saturated rings. The lowest BCUT2D eigenvalue weighted by Crippen LogP contribution is -2.29. The fourth-order valence-corrected chi connectivity index (χ4v) is 5.96. The lowest BCUT2D eigenvalue weighted by atomic mass is 9.94. The highest BCUT2D eigenvalue weighted by Gasteiger charge is 2.48. The summed E-state index contributed by atoms with van der Waals surface area (Å²) in [6.07, 6.45) is 2.07. The standard InChI is InChI=1S/C30H28N2O8S/c1-6-11-39-29(36)27-16(3)31-30(41-27)32-24(17-7-10-21(37-4)22(14-17)38-5)23(26(34)28(32)35)25(33)18-8-9-20-19(13-18)12-15(2)40-20/h6-10,13-15,24,33H,1,11-12H2,2-5H3. The molecule has 2 unspecified atom stereocenters. The number of carbonyl (C=O) groups is 3. The van der Waals surface area contributed by atoms with Gasteiger partial charge in [0.2, 0.25) is 0 Å². The van der Waals surface area contributed by atoms with Crippen LogP contribution in [0.15, 0.2) is 54.6 Å². The summed E-state index contributed by atoms with van der Waals surface area (Å²) >= 11 is 0.919. The van der Waals surface area contributed by atoms with Gasteiger partial charge >= 0.3 is 11.9 Å². The first-order chi connectivity index (χ1) is 19.7. The first-order valence-corrected chi connectivity index (χ1v) is 13.6. The first-order valence-electron chi connectivity index (χ1n) is 12.8. The third kappa shape index (κ3) is 4.93. The Balaban J connectivity index is 1.68. The molecule has 0 aliphatic carbocycles. The molecule has 212 valence electrons. The number of thiazole rings is 1. The SMILES string of the molecule is C=CCOC(=O)c1sc(N2C(=O)C(=O)C(=C(O)c3ccc4c(c3)CC(C)O4)C2c2ccc(OC)c(OC)c2)nc1C. The minimum atomic E-state index is -1.08. The van der Waals surface area contributed by atoms with Crippen molar-refractivity contribution in [1.82, 2.24) is 4.98 Å². The van der Waals surface area contributed by atoms with Crippen molar-refractivity contribution in [1.29, 1.82) is 0 Å². The predicted octanol–water partition coefficient (Wildman–Crippen LogP) is 4.76. The van der Waals surface area contributed by atoms with Crippen molar-refractivity contribution >= 4 is 39.9 Å². The number of rotatable bonds is 8. The quantitative estimate of drug-likeness (QED) is 0.133. The number of hydrogen-bond acceptors (Lipinski definition) is 10. The monoisotopic (exact) mass is 576 g/mol. The number of ether oxygens (including phenoxy) is 4. The van der Waals surface area contributed by atoms with Crippen LogP contribution in [-0.4, -0.2) is 54.7 Å². The predicted molar refractivity (Wildman–Crippen MR) is 152 cm³/mol. The van der Waals surface area contributed by atoms with Crippen LogP contribution in [0.3, 0.4) is 0 Å². The summed E-state index contributed by atoms with van der Waals surface area (Å²) < 4.78 is 21.8. The van der Waals surface area contributed by atoms with Gasteiger partial charge in [-0.25, -0.2) is 9.78 Å². The van der Waals surface area contributed by atoms with Crippen molar-refractivity contribution in [3.63, 3.8) is 0 Å². The minimum Gasteiger partial charge on any atom is -0.507 e. The summed E-state index contributed by atoms with van der Waals surface area (Å²) in [5.74, 6) is -1.24. The molecule has 2 aliphatic heterocycles. The van der Waals surface area contributed by atoms with Crippen molar-refractivity contribution in [2.75, 3.05) is 25.7 Å². The van der Waals surface area contributed by atoms with E-state index in [-0.39, 0.29) is 34.1 Å². The molecule has 1 saturated heterocycles. The number of esters is 1. The molecular weight excluding hydrogens is 548 g/mol. The van der Waals surface area contributed by atoms with Crippen LogP contribution in [0.25, 0.3) is 5.76 Å². The van der Waals surface area contributed by atoms with Gasteiger partial charge in [-0.05, 0) is 55.3 Å². The van der Waals surface area contributed by atoms with Gasteiger partial charge in [0.15, 0.2) is 16.6 Å². The Labute approximate surface area is 240 Å². The van der Waals surface area contributed by atoms with E-state index in [4.69, 9.17) is 18.9 Å². The van der Waals surface area contributed by atoms with E-state index in [2.05, 4.69) is 11.6 Å². The molecule has 0 spiro atoms. The molecule has 1 aromatic heterocycles. The average Bonchev–Trinajstić information content (AvgIpc) is 3.62. The van der Waals surface area contributed by atoms with Crippen molar-refractivity contribution in [3.05, 3.63) is 81.9 Å². The maximum atomic E-state index is 13.6. The second kappa shape index (κ2) is 11.1. The zero-order valence-electron chi connectivity index (χ0n) is 22.9. The molecule has 1 N–H and O–H groups in total. The van der Waals surface area contributed by atoms with Gasteiger partial charge in [-0.3, -0.25) is 14.5 Å². The van der Waals surface area contributed by atoms with Crippen LogP contribution in [0, 0.1) is 6.92 Å². The highest BCUT2D eigenvalue weighted by molar-refractivity contribution is 7.17. The summed E-state index contributed by atoms with van der Waals surface area (Å²) in [6.45, 7) is 7.10. The van der Waals surface area contributed by atoms with Crippen molar-refractivity contribution in [2.24, 2.45) is 0 Å². The number of Topliss-reactive ketones (excluding diaryl/α,β-unsaturated/α-hetero) is 1. The van der Waals surface area contributed by atoms with E-state index >= 15 is 0 Å². The second-order valence-corrected chi connectivity index (χ2v) is 10.5. The molecule has 0 saturated carbocycles. The number of fused-ring (bicyclic) bond motifs is 1. The first kappa shape index (κ1) is 27.9. The Morgan fingerprint density at radius 1 is 1.20 bits per heavy atom. The highest BCUT2D eigenvalue weighted by Crippen LogP contribution is 2.46. The maximum absolute atomic E-state index is 13.6. The summed E-state index contributed by atoms with van der Waals surface area (Å²) in [7, 11) is 2.96. The van der Waals surface area contributed by atoms with E-state index in [1.165, 1.54) is 25.2 Å². The van der Waals surface area contributed by atoms with E-state index in [0.29, 0.717) is 40.5 Å².